The minimum Gasteiger partial charge on any atom is -0.445 e. The molecule has 4 atom stereocenters. The van der Waals surface area contributed by atoms with Gasteiger partial charge in [-0.3, -0.25) is 48.2 Å². The van der Waals surface area contributed by atoms with Crippen molar-refractivity contribution in [1.82, 2.24) is 40.6 Å². The summed E-state index contributed by atoms with van der Waals surface area (Å²) in [7, 11) is -1.98. The number of fused-ring (bicyclic) bond motifs is 6. The van der Waals surface area contributed by atoms with E-state index in [1.54, 1.807) is 66.4 Å². The third-order valence-corrected chi connectivity index (χ3v) is 21.4. The topological polar surface area (TPSA) is 433 Å². The molecule has 3 saturated carbocycles. The van der Waals surface area contributed by atoms with Gasteiger partial charge < -0.3 is 99.0 Å². The lowest BCUT2D eigenvalue weighted by molar-refractivity contribution is -0.205. The highest BCUT2D eigenvalue weighted by Crippen LogP contribution is 2.75. The number of hydrogen-bond donors (Lipinski definition) is 9. The molecule has 3 fully saturated rings. The first-order chi connectivity index (χ1) is 53.1. The summed E-state index contributed by atoms with van der Waals surface area (Å²) in [5.41, 5.74) is 9.56. The summed E-state index contributed by atoms with van der Waals surface area (Å²) in [5.74, 6) is -3.29. The molecule has 37 heteroatoms. The number of likely N-dealkylation sites (N-methyl/N-ethyl adjacent to an activating group) is 2. The van der Waals surface area contributed by atoms with E-state index in [1.807, 2.05) is 13.8 Å². The third-order valence-electron chi connectivity index (χ3n) is 20.2. The molecule has 4 unspecified atom stereocenters. The first-order valence-electron chi connectivity index (χ1n) is 36.7. The Morgan fingerprint density at radius 1 is 0.667 bits per heavy atom. The largest absolute Gasteiger partial charge is 0.524 e. The van der Waals surface area contributed by atoms with Gasteiger partial charge in [0.05, 0.1) is 119 Å². The Balaban J connectivity index is 0.631. The van der Waals surface area contributed by atoms with Crippen molar-refractivity contribution < 1.29 is 105 Å². The molecular formula is C74H97Cl2N12O22P. The Kier molecular flexibility index (Phi) is 29.0. The molecule has 111 heavy (non-hydrogen) atoms. The number of aromatic amines is 2. The van der Waals surface area contributed by atoms with Gasteiger partial charge in [-0.2, -0.15) is 0 Å². The molecule has 3 aromatic carbocycles. The highest BCUT2D eigenvalue weighted by molar-refractivity contribution is 7.46. The molecule has 3 aliphatic carbocycles. The molecule has 11 rings (SSSR count). The van der Waals surface area contributed by atoms with Crippen molar-refractivity contribution in [2.45, 2.75) is 96.7 Å². The lowest BCUT2D eigenvalue weighted by Crippen LogP contribution is -2.73. The summed E-state index contributed by atoms with van der Waals surface area (Å²) in [4.78, 5) is 165. The number of primary amides is 1. The van der Waals surface area contributed by atoms with Crippen molar-refractivity contribution in [2.75, 3.05) is 160 Å². The van der Waals surface area contributed by atoms with Crippen LogP contribution in [0.2, 0.25) is 0 Å². The Morgan fingerprint density at radius 3 is 1.63 bits per heavy atom. The van der Waals surface area contributed by atoms with Crippen molar-refractivity contribution in [3.8, 4) is 11.5 Å². The number of carbonyl (C=O) groups excluding carboxylic acids is 10. The van der Waals surface area contributed by atoms with E-state index in [2.05, 4.69) is 31.2 Å². The first-order valence-corrected chi connectivity index (χ1v) is 39.3. The number of aryl methyl sites for hydroxylation is 2. The van der Waals surface area contributed by atoms with Crippen molar-refractivity contribution >= 4 is 129 Å². The number of benzene rings is 3. The molecule has 11 amide bonds. The summed E-state index contributed by atoms with van der Waals surface area (Å²) >= 11 is 13.2. The van der Waals surface area contributed by atoms with Crippen LogP contribution in [0.3, 0.4) is 0 Å². The molecule has 5 aromatic rings. The normalized spacial score (nSPS) is 18.7. The van der Waals surface area contributed by atoms with E-state index in [9.17, 15) is 62.3 Å². The molecule has 0 spiro atoms. The van der Waals surface area contributed by atoms with Crippen molar-refractivity contribution in [1.29, 1.82) is 0 Å². The van der Waals surface area contributed by atoms with Crippen LogP contribution in [-0.2, 0) is 77.9 Å². The number of aromatic nitrogens is 2. The number of nitrogens with two attached hydrogens (primary N) is 1. The van der Waals surface area contributed by atoms with Crippen molar-refractivity contribution in [3.05, 3.63) is 88.8 Å². The number of phosphoric ester groups is 1. The summed E-state index contributed by atoms with van der Waals surface area (Å²) in [6.07, 6.45) is 5.58. The van der Waals surface area contributed by atoms with E-state index < -0.39 is 66.7 Å². The second-order valence-corrected chi connectivity index (χ2v) is 30.4. The fraction of sp³-hybridized carbons (Fsp3) is 0.541. The molecule has 0 radical (unpaired) electrons. The van der Waals surface area contributed by atoms with Crippen molar-refractivity contribution in [3.63, 3.8) is 0 Å². The third kappa shape index (κ3) is 20.7. The lowest BCUT2D eigenvalue weighted by atomic mass is 9.34. The molecule has 0 saturated heterocycles. The minimum absolute atomic E-state index is 0.0201. The van der Waals surface area contributed by atoms with Crippen LogP contribution >= 0.6 is 31.0 Å². The Labute approximate surface area is 650 Å². The zero-order valence-corrected chi connectivity index (χ0v) is 65.2. The monoisotopic (exact) mass is 1610 g/mol. The van der Waals surface area contributed by atoms with Gasteiger partial charge in [-0.25, -0.2) is 18.9 Å². The number of phosphoric acid groups is 1. The smallest absolute Gasteiger partial charge is 0.445 e. The SMILES string of the molecule is Cc1c[nH]c2c(OC(=O)N(C)CCN(C)C(=O)OCc3ccc(NC(=O)C(CCCNC(N)=O)NC(=O)C(NC(=O)CCOCCOCCOCCOCCOCCOCCN4C(=O)C=CC4=O)C(C)C)cc3)cc3c(c12)C(CCl)CN3C(=O)C12CC(C(=O)N3CC(CCl)c4c3cc(OP(=O)(O)O)c3[nH]cc(C)c43)(C1)C2. The summed E-state index contributed by atoms with van der Waals surface area (Å²) in [6, 6.07) is 6.67. The summed E-state index contributed by atoms with van der Waals surface area (Å²) < 4.78 is 61.9. The molecule has 6 aliphatic rings. The number of ether oxygens (including phenoxy) is 8. The van der Waals surface area contributed by atoms with Gasteiger partial charge >= 0.3 is 26.0 Å². The minimum atomic E-state index is -5.00. The Bertz CT molecular complexity index is 4280. The maximum atomic E-state index is 15.0. The highest BCUT2D eigenvalue weighted by Gasteiger charge is 2.76. The van der Waals surface area contributed by atoms with Crippen LogP contribution in [-0.4, -0.2) is 251 Å². The van der Waals surface area contributed by atoms with Crippen LogP contribution in [0.15, 0.2) is 60.9 Å². The Hall–Kier alpha value is -8.93. The number of urea groups is 1. The number of imide groups is 1. The fourth-order valence-electron chi connectivity index (χ4n) is 14.6. The molecule has 2 bridgehead atoms. The second-order valence-electron chi connectivity index (χ2n) is 28.6. The van der Waals surface area contributed by atoms with Gasteiger partial charge in [-0.05, 0) is 91.8 Å². The van der Waals surface area contributed by atoms with Crippen LogP contribution in [0.5, 0.6) is 11.5 Å². The number of H-pyrrole nitrogens is 2. The van der Waals surface area contributed by atoms with Crippen LogP contribution in [0, 0.1) is 30.6 Å². The van der Waals surface area contributed by atoms with Gasteiger partial charge in [0.2, 0.25) is 29.5 Å². The number of alkyl halides is 2. The maximum absolute atomic E-state index is 15.0. The van der Waals surface area contributed by atoms with Crippen LogP contribution in [0.25, 0.3) is 21.8 Å². The lowest BCUT2D eigenvalue weighted by Gasteiger charge is -2.69. The van der Waals surface area contributed by atoms with E-state index in [4.69, 9.17) is 71.4 Å². The average Bonchev–Trinajstić information content (AvgIpc) is 1.58. The maximum Gasteiger partial charge on any atom is 0.524 e. The predicted molar refractivity (Wildman–Crippen MR) is 407 cm³/mol. The number of nitrogens with zero attached hydrogens (tertiary/aromatic N) is 5. The zero-order valence-electron chi connectivity index (χ0n) is 62.8. The fourth-order valence-corrected chi connectivity index (χ4v) is 15.5. The number of amides is 11. The van der Waals surface area contributed by atoms with Crippen LogP contribution in [0.4, 0.5) is 31.4 Å². The molecular weight excluding hydrogens is 1510 g/mol. The quantitative estimate of drug-likeness (QED) is 0.00924. The summed E-state index contributed by atoms with van der Waals surface area (Å²) in [5, 5.41) is 12.2. The van der Waals surface area contributed by atoms with E-state index in [1.165, 1.54) is 42.1 Å². The molecule has 2 aromatic heterocycles. The average molecular weight is 1610 g/mol. The summed E-state index contributed by atoms with van der Waals surface area (Å²) in [6.45, 7) is 11.3. The van der Waals surface area contributed by atoms with E-state index >= 15 is 0 Å². The second kappa shape index (κ2) is 38.1. The molecule has 5 heterocycles. The van der Waals surface area contributed by atoms with Gasteiger partial charge in [0.25, 0.3) is 11.8 Å². The number of rotatable bonds is 43. The predicted octanol–water partition coefficient (Wildman–Crippen LogP) is 6.07. The van der Waals surface area contributed by atoms with E-state index in [-0.39, 0.29) is 175 Å². The highest BCUT2D eigenvalue weighted by atomic mass is 35.5. The van der Waals surface area contributed by atoms with Crippen LogP contribution < -0.4 is 46.1 Å². The van der Waals surface area contributed by atoms with Gasteiger partial charge in [0.1, 0.15) is 18.7 Å². The van der Waals surface area contributed by atoms with Gasteiger partial charge in [0.15, 0.2) is 11.5 Å². The zero-order chi connectivity index (χ0) is 79.9. The van der Waals surface area contributed by atoms with Gasteiger partial charge in [-0.1, -0.05) is 26.0 Å². The standard InChI is InChI=1S/C74H97Cl2N12O22P/c1-44(2)63(83-56(89)15-20-102-22-24-104-26-28-106-30-31-107-29-27-105-25-23-103-21-19-86-57(90)13-14-58(86)91)67(93)82-51(8-7-16-78-70(77)96)66(92)81-50-11-9-47(10-12-50)40-108-71(97)84(5)17-18-85(6)72(98)109-54-32-52-61(59-45(3)36-79-64(54)59)48(34-75)38-87(52)68(94)73-41-74(42-73,43-73)69(95)88-39-49(35-76)62-53(88)33-55(110-111(99,100)101)65-60(62)46(4)37-80-65/h9-14,32-33,36-37,44,48-49,51,63,79-80H,7-8,15-31,34-35,38-43H2,1-6H3,(H,81,92)(H,82,93)(H,83,89)(H3,77,78,96)(H2,99,100,101). The van der Waals surface area contributed by atoms with Gasteiger partial charge in [-0.15, -0.1) is 23.2 Å². The molecule has 604 valence electrons. The number of halogens is 2. The number of nitrogens with one attached hydrogen (secondary N) is 6. The molecule has 10 N–H and O–H groups in total. The van der Waals surface area contributed by atoms with E-state index in [0.717, 1.165) is 32.5 Å². The number of carbonyl (C=O) groups is 10. The Morgan fingerprint density at radius 2 is 1.14 bits per heavy atom. The van der Waals surface area contributed by atoms with Gasteiger partial charge in [0, 0.05) is 130 Å². The number of hydrogen-bond acceptors (Lipinski definition) is 20. The molecule has 3 aliphatic heterocycles. The van der Waals surface area contributed by atoms with E-state index in [0.29, 0.717) is 91.9 Å². The first kappa shape index (κ1) is 84.5. The van der Waals surface area contributed by atoms with Crippen LogP contribution in [0.1, 0.15) is 92.0 Å². The molecule has 34 nitrogen and oxygen atoms in total. The number of anilines is 3. The van der Waals surface area contributed by atoms with Crippen molar-refractivity contribution in [2.24, 2.45) is 22.5 Å².